The molecular formula is C11H17NO3S3. The molecule has 0 atom stereocenters. The van der Waals surface area contributed by atoms with Gasteiger partial charge >= 0.3 is 0 Å². The molecule has 1 aromatic rings. The van der Waals surface area contributed by atoms with Gasteiger partial charge in [-0.1, -0.05) is 6.42 Å². The molecule has 2 N–H and O–H groups in total. The zero-order chi connectivity index (χ0) is 13.2. The summed E-state index contributed by atoms with van der Waals surface area (Å²) in [5.41, 5.74) is 0. The van der Waals surface area contributed by atoms with Gasteiger partial charge in [0, 0.05) is 16.2 Å². The van der Waals surface area contributed by atoms with E-state index in [4.69, 9.17) is 5.11 Å². The average molecular weight is 307 g/mol. The molecule has 0 unspecified atom stereocenters. The van der Waals surface area contributed by atoms with Gasteiger partial charge in [-0.15, -0.1) is 11.3 Å². The van der Waals surface area contributed by atoms with Gasteiger partial charge in [-0.05, 0) is 31.2 Å². The van der Waals surface area contributed by atoms with Crippen molar-refractivity contribution in [1.29, 1.82) is 0 Å². The van der Waals surface area contributed by atoms with Crippen LogP contribution in [-0.2, 0) is 16.6 Å². The Hall–Kier alpha value is -0.0800. The first-order valence-electron chi connectivity index (χ1n) is 5.76. The first-order valence-corrected chi connectivity index (χ1v) is 9.28. The second kappa shape index (κ2) is 5.50. The SMILES string of the molecule is CSC1(CNS(=O)(=O)c2ccc(CO)s2)CCC1. The predicted molar refractivity (Wildman–Crippen MR) is 75.5 cm³/mol. The normalized spacial score (nSPS) is 18.6. The molecule has 2 rings (SSSR count). The molecule has 1 saturated carbocycles. The third-order valence-electron chi connectivity index (χ3n) is 3.34. The van der Waals surface area contributed by atoms with Crippen molar-refractivity contribution in [3.05, 3.63) is 17.0 Å². The van der Waals surface area contributed by atoms with E-state index in [2.05, 4.69) is 4.72 Å². The van der Waals surface area contributed by atoms with E-state index in [0.717, 1.165) is 24.2 Å². The van der Waals surface area contributed by atoms with Crippen LogP contribution in [0.5, 0.6) is 0 Å². The average Bonchev–Trinajstić information content (AvgIpc) is 2.77. The molecule has 0 aliphatic heterocycles. The second-order valence-electron chi connectivity index (χ2n) is 4.44. The summed E-state index contributed by atoms with van der Waals surface area (Å²) in [6.07, 6.45) is 5.35. The maximum Gasteiger partial charge on any atom is 0.250 e. The minimum Gasteiger partial charge on any atom is -0.391 e. The van der Waals surface area contributed by atoms with E-state index in [-0.39, 0.29) is 15.6 Å². The summed E-state index contributed by atoms with van der Waals surface area (Å²) >= 11 is 2.86. The van der Waals surface area contributed by atoms with E-state index >= 15 is 0 Å². The maximum absolute atomic E-state index is 12.1. The Morgan fingerprint density at radius 2 is 2.22 bits per heavy atom. The largest absolute Gasteiger partial charge is 0.391 e. The summed E-state index contributed by atoms with van der Waals surface area (Å²) in [5, 5.41) is 8.95. The van der Waals surface area contributed by atoms with E-state index in [1.165, 1.54) is 6.42 Å². The molecule has 1 aliphatic rings. The van der Waals surface area contributed by atoms with Crippen LogP contribution in [-0.4, -0.2) is 31.1 Å². The molecule has 102 valence electrons. The first kappa shape index (κ1) is 14.3. The molecule has 18 heavy (non-hydrogen) atoms. The van der Waals surface area contributed by atoms with E-state index in [0.29, 0.717) is 11.4 Å². The molecule has 7 heteroatoms. The molecular weight excluding hydrogens is 290 g/mol. The fraction of sp³-hybridized carbons (Fsp3) is 0.636. The topological polar surface area (TPSA) is 66.4 Å². The van der Waals surface area contributed by atoms with Gasteiger partial charge in [-0.25, -0.2) is 13.1 Å². The summed E-state index contributed by atoms with van der Waals surface area (Å²) in [5.74, 6) is 0. The highest BCUT2D eigenvalue weighted by molar-refractivity contribution is 8.00. The number of thiophene rings is 1. The summed E-state index contributed by atoms with van der Waals surface area (Å²) < 4.78 is 27.2. The van der Waals surface area contributed by atoms with Gasteiger partial charge in [0.1, 0.15) is 4.21 Å². The van der Waals surface area contributed by atoms with Crippen LogP contribution in [0, 0.1) is 0 Å². The molecule has 1 fully saturated rings. The van der Waals surface area contributed by atoms with Crippen LogP contribution in [0.2, 0.25) is 0 Å². The fourth-order valence-corrected chi connectivity index (χ4v) is 5.30. The van der Waals surface area contributed by atoms with Crippen molar-refractivity contribution >= 4 is 33.1 Å². The highest BCUT2D eigenvalue weighted by Crippen LogP contribution is 2.42. The molecule has 0 radical (unpaired) electrons. The highest BCUT2D eigenvalue weighted by atomic mass is 32.2. The van der Waals surface area contributed by atoms with Gasteiger partial charge in [0.25, 0.3) is 0 Å². The molecule has 1 aromatic heterocycles. The highest BCUT2D eigenvalue weighted by Gasteiger charge is 2.37. The quantitative estimate of drug-likeness (QED) is 0.841. The molecule has 1 aliphatic carbocycles. The molecule has 1 heterocycles. The van der Waals surface area contributed by atoms with Crippen molar-refractivity contribution in [2.45, 2.75) is 34.8 Å². The van der Waals surface area contributed by atoms with Crippen LogP contribution in [0.3, 0.4) is 0 Å². The van der Waals surface area contributed by atoms with Crippen LogP contribution in [0.15, 0.2) is 16.3 Å². The second-order valence-corrected chi connectivity index (χ2v) is 8.88. The van der Waals surface area contributed by atoms with Crippen molar-refractivity contribution in [1.82, 2.24) is 4.72 Å². The number of sulfonamides is 1. The van der Waals surface area contributed by atoms with Gasteiger partial charge in [0.15, 0.2) is 0 Å². The Kier molecular flexibility index (Phi) is 4.38. The lowest BCUT2D eigenvalue weighted by Gasteiger charge is -2.40. The standard InChI is InChI=1S/C11H17NO3S3/c1-16-11(5-2-6-11)8-12-18(14,15)10-4-3-9(7-13)17-10/h3-4,12-13H,2,5-8H2,1H3. The maximum atomic E-state index is 12.1. The van der Waals surface area contributed by atoms with Crippen LogP contribution < -0.4 is 4.72 Å². The van der Waals surface area contributed by atoms with Gasteiger partial charge in [0.05, 0.1) is 6.61 Å². The van der Waals surface area contributed by atoms with Gasteiger partial charge in [-0.3, -0.25) is 0 Å². The first-order chi connectivity index (χ1) is 8.51. The third-order valence-corrected chi connectivity index (χ3v) is 7.72. The Labute approximate surface area is 116 Å². The van der Waals surface area contributed by atoms with E-state index in [1.807, 2.05) is 6.26 Å². The molecule has 0 amide bonds. The summed E-state index contributed by atoms with van der Waals surface area (Å²) in [6.45, 7) is 0.373. The minimum absolute atomic E-state index is 0.0874. The zero-order valence-corrected chi connectivity index (χ0v) is 12.6. The molecule has 0 aromatic carbocycles. The Bertz CT molecular complexity index is 500. The van der Waals surface area contributed by atoms with Crippen LogP contribution >= 0.6 is 23.1 Å². The smallest absolute Gasteiger partial charge is 0.250 e. The Morgan fingerprint density at radius 1 is 1.50 bits per heavy atom. The number of hydrogen-bond acceptors (Lipinski definition) is 5. The number of hydrogen-bond donors (Lipinski definition) is 2. The fourth-order valence-electron chi connectivity index (χ4n) is 1.91. The van der Waals surface area contributed by atoms with E-state index < -0.39 is 10.0 Å². The van der Waals surface area contributed by atoms with Crippen molar-refractivity contribution < 1.29 is 13.5 Å². The predicted octanol–water partition coefficient (Wildman–Crippen LogP) is 1.80. The number of rotatable bonds is 6. The monoisotopic (exact) mass is 307 g/mol. The van der Waals surface area contributed by atoms with Crippen LogP contribution in [0.1, 0.15) is 24.1 Å². The number of aliphatic hydroxyl groups is 1. The van der Waals surface area contributed by atoms with Crippen molar-refractivity contribution in [3.63, 3.8) is 0 Å². The van der Waals surface area contributed by atoms with Gasteiger partial charge in [0.2, 0.25) is 10.0 Å². The molecule has 0 bridgehead atoms. The zero-order valence-electron chi connectivity index (χ0n) is 10.2. The van der Waals surface area contributed by atoms with Crippen molar-refractivity contribution in [2.75, 3.05) is 12.8 Å². The number of thioether (sulfide) groups is 1. The van der Waals surface area contributed by atoms with Gasteiger partial charge in [-0.2, -0.15) is 11.8 Å². The van der Waals surface area contributed by atoms with Gasteiger partial charge < -0.3 is 5.11 Å². The lowest BCUT2D eigenvalue weighted by molar-refractivity contribution is 0.285. The molecule has 4 nitrogen and oxygen atoms in total. The number of aliphatic hydroxyl groups excluding tert-OH is 1. The van der Waals surface area contributed by atoms with E-state index in [1.54, 1.807) is 23.9 Å². The van der Waals surface area contributed by atoms with Crippen LogP contribution in [0.25, 0.3) is 0 Å². The van der Waals surface area contributed by atoms with Crippen molar-refractivity contribution in [2.24, 2.45) is 0 Å². The summed E-state index contributed by atoms with van der Waals surface area (Å²) in [7, 11) is -3.42. The summed E-state index contributed by atoms with van der Waals surface area (Å²) in [4.78, 5) is 0.665. The minimum atomic E-state index is -3.42. The van der Waals surface area contributed by atoms with Crippen LogP contribution in [0.4, 0.5) is 0 Å². The third kappa shape index (κ3) is 2.91. The summed E-state index contributed by atoms with van der Waals surface area (Å²) in [6, 6.07) is 3.19. The van der Waals surface area contributed by atoms with E-state index in [9.17, 15) is 8.42 Å². The molecule has 0 saturated heterocycles. The lowest BCUT2D eigenvalue weighted by atomic mass is 9.84. The molecule has 0 spiro atoms. The lowest BCUT2D eigenvalue weighted by Crippen LogP contribution is -2.45. The Balaban J connectivity index is 2.03. The Morgan fingerprint density at radius 3 is 2.67 bits per heavy atom. The van der Waals surface area contributed by atoms with Crippen molar-refractivity contribution in [3.8, 4) is 0 Å². The number of nitrogens with one attached hydrogen (secondary N) is 1.